The minimum atomic E-state index is -3.90. The summed E-state index contributed by atoms with van der Waals surface area (Å²) < 4.78 is 48.2. The lowest BCUT2D eigenvalue weighted by molar-refractivity contribution is 0.400. The highest BCUT2D eigenvalue weighted by molar-refractivity contribution is 7.89. The molecule has 1 saturated carbocycles. The van der Waals surface area contributed by atoms with Crippen LogP contribution in [0.15, 0.2) is 46.0 Å². The summed E-state index contributed by atoms with van der Waals surface area (Å²) in [6.45, 7) is 0.541. The minimum absolute atomic E-state index is 0.103. The molecule has 0 saturated heterocycles. The lowest BCUT2D eigenvalue weighted by Gasteiger charge is -2.12. The molecular formula is C19H20FN3O3S2. The number of methoxy groups -OCH3 is 1. The summed E-state index contributed by atoms with van der Waals surface area (Å²) in [5.41, 5.74) is 3.09. The molecule has 9 heteroatoms. The largest absolute Gasteiger partial charge is 0.495 e. The van der Waals surface area contributed by atoms with Crippen LogP contribution >= 0.6 is 11.3 Å². The Labute approximate surface area is 167 Å². The van der Waals surface area contributed by atoms with Crippen molar-refractivity contribution in [3.05, 3.63) is 52.6 Å². The van der Waals surface area contributed by atoms with Crippen LogP contribution in [0.2, 0.25) is 0 Å². The smallest absolute Gasteiger partial charge is 0.244 e. The van der Waals surface area contributed by atoms with Gasteiger partial charge < -0.3 is 4.74 Å². The lowest BCUT2D eigenvalue weighted by Crippen LogP contribution is -2.28. The van der Waals surface area contributed by atoms with Gasteiger partial charge in [-0.1, -0.05) is 0 Å². The summed E-state index contributed by atoms with van der Waals surface area (Å²) in [5, 5.41) is 8.71. The predicted octanol–water partition coefficient (Wildman–Crippen LogP) is 3.62. The molecule has 0 unspecified atom stereocenters. The van der Waals surface area contributed by atoms with Crippen LogP contribution in [0.1, 0.15) is 24.5 Å². The van der Waals surface area contributed by atoms with E-state index >= 15 is 0 Å². The molecule has 1 aliphatic rings. The molecule has 1 N–H and O–H groups in total. The maximum atomic E-state index is 13.5. The first-order valence-corrected chi connectivity index (χ1v) is 11.3. The Morgan fingerprint density at radius 3 is 2.82 bits per heavy atom. The molecule has 2 heterocycles. The van der Waals surface area contributed by atoms with Gasteiger partial charge in [-0.2, -0.15) is 16.4 Å². The Kier molecular flexibility index (Phi) is 5.22. The van der Waals surface area contributed by atoms with E-state index in [0.717, 1.165) is 41.9 Å². The molecule has 0 amide bonds. The van der Waals surface area contributed by atoms with Crippen LogP contribution in [0, 0.1) is 5.82 Å². The molecule has 1 aromatic carbocycles. The zero-order valence-corrected chi connectivity index (χ0v) is 16.9. The van der Waals surface area contributed by atoms with Gasteiger partial charge in [-0.3, -0.25) is 4.68 Å². The van der Waals surface area contributed by atoms with Crippen molar-refractivity contribution < 1.29 is 17.5 Å². The van der Waals surface area contributed by atoms with Gasteiger partial charge in [0.05, 0.1) is 19.3 Å². The van der Waals surface area contributed by atoms with Gasteiger partial charge >= 0.3 is 0 Å². The fourth-order valence-corrected chi connectivity index (χ4v) is 4.94. The van der Waals surface area contributed by atoms with E-state index < -0.39 is 15.8 Å². The summed E-state index contributed by atoms with van der Waals surface area (Å²) in [6.07, 6.45) is 2.25. The number of ether oxygens (including phenoxy) is 1. The Morgan fingerprint density at radius 1 is 1.32 bits per heavy atom. The van der Waals surface area contributed by atoms with Crippen molar-refractivity contribution in [3.8, 4) is 17.0 Å². The second kappa shape index (κ2) is 7.65. The van der Waals surface area contributed by atoms with Crippen molar-refractivity contribution in [3.63, 3.8) is 0 Å². The maximum absolute atomic E-state index is 13.5. The van der Waals surface area contributed by atoms with Gasteiger partial charge in [0.1, 0.15) is 16.5 Å². The average molecular weight is 422 g/mol. The summed E-state index contributed by atoms with van der Waals surface area (Å²) in [6, 6.07) is 7.53. The summed E-state index contributed by atoms with van der Waals surface area (Å²) >= 11 is 1.61. The lowest BCUT2D eigenvalue weighted by atomic mass is 10.2. The number of nitrogens with one attached hydrogen (secondary N) is 1. The van der Waals surface area contributed by atoms with Gasteiger partial charge in [-0.25, -0.2) is 17.5 Å². The number of aromatic nitrogens is 2. The molecule has 148 valence electrons. The van der Waals surface area contributed by atoms with Gasteiger partial charge in [-0.15, -0.1) is 0 Å². The maximum Gasteiger partial charge on any atom is 0.244 e. The Hall–Kier alpha value is -2.23. The molecule has 1 aliphatic carbocycles. The number of rotatable bonds is 8. The van der Waals surface area contributed by atoms with Crippen molar-refractivity contribution >= 4 is 21.4 Å². The van der Waals surface area contributed by atoms with Crippen molar-refractivity contribution in [2.24, 2.45) is 0 Å². The van der Waals surface area contributed by atoms with Gasteiger partial charge in [0.25, 0.3) is 0 Å². The molecule has 4 rings (SSSR count). The number of hydrogen-bond donors (Lipinski definition) is 1. The predicted molar refractivity (Wildman–Crippen MR) is 106 cm³/mol. The number of nitrogens with zero attached hydrogens (tertiary/aromatic N) is 2. The first-order chi connectivity index (χ1) is 13.5. The zero-order chi connectivity index (χ0) is 19.7. The second-order valence-electron chi connectivity index (χ2n) is 6.66. The van der Waals surface area contributed by atoms with E-state index in [4.69, 9.17) is 4.74 Å². The Balaban J connectivity index is 1.50. The van der Waals surface area contributed by atoms with E-state index in [1.165, 1.54) is 13.2 Å². The molecular weight excluding hydrogens is 401 g/mol. The SMILES string of the molecule is COc1ccc(F)cc1S(=O)(=O)NCCn1nc(-c2ccsc2)cc1C1CC1. The number of benzene rings is 1. The van der Waals surface area contributed by atoms with Gasteiger partial charge in [0.15, 0.2) is 0 Å². The van der Waals surface area contributed by atoms with Crippen molar-refractivity contribution in [2.45, 2.75) is 30.2 Å². The van der Waals surface area contributed by atoms with E-state index in [1.807, 2.05) is 21.5 Å². The third kappa shape index (κ3) is 3.96. The average Bonchev–Trinajstić information content (AvgIpc) is 3.19. The monoisotopic (exact) mass is 421 g/mol. The van der Waals surface area contributed by atoms with Crippen LogP contribution in [0.4, 0.5) is 4.39 Å². The first kappa shape index (κ1) is 19.1. The number of thiophene rings is 1. The van der Waals surface area contributed by atoms with Crippen LogP contribution in [0.5, 0.6) is 5.75 Å². The number of hydrogen-bond acceptors (Lipinski definition) is 5. The molecule has 0 spiro atoms. The fraction of sp³-hybridized carbons (Fsp3) is 0.316. The summed E-state index contributed by atoms with van der Waals surface area (Å²) in [5.74, 6) is -0.0455. The third-order valence-corrected chi connectivity index (χ3v) is 6.82. The molecule has 3 aromatic rings. The Morgan fingerprint density at radius 2 is 2.14 bits per heavy atom. The summed E-state index contributed by atoms with van der Waals surface area (Å²) in [7, 11) is -2.55. The molecule has 28 heavy (non-hydrogen) atoms. The van der Waals surface area contributed by atoms with Crippen molar-refractivity contribution in [2.75, 3.05) is 13.7 Å². The van der Waals surface area contributed by atoms with Crippen LogP contribution in [0.25, 0.3) is 11.3 Å². The van der Waals surface area contributed by atoms with Crippen LogP contribution in [-0.4, -0.2) is 31.9 Å². The van der Waals surface area contributed by atoms with Gasteiger partial charge in [-0.05, 0) is 48.6 Å². The van der Waals surface area contributed by atoms with Crippen LogP contribution in [0.3, 0.4) is 0 Å². The minimum Gasteiger partial charge on any atom is -0.495 e. The molecule has 0 atom stereocenters. The van der Waals surface area contributed by atoms with E-state index in [9.17, 15) is 12.8 Å². The van der Waals surface area contributed by atoms with Crippen LogP contribution < -0.4 is 9.46 Å². The molecule has 1 fully saturated rings. The highest BCUT2D eigenvalue weighted by atomic mass is 32.2. The van der Waals surface area contributed by atoms with E-state index in [2.05, 4.69) is 15.9 Å². The van der Waals surface area contributed by atoms with E-state index in [0.29, 0.717) is 12.5 Å². The molecule has 0 bridgehead atoms. The topological polar surface area (TPSA) is 73.2 Å². The van der Waals surface area contributed by atoms with Gasteiger partial charge in [0, 0.05) is 29.1 Å². The second-order valence-corrected chi connectivity index (χ2v) is 9.17. The fourth-order valence-electron chi connectivity index (χ4n) is 3.09. The highest BCUT2D eigenvalue weighted by Crippen LogP contribution is 2.41. The Bertz CT molecular complexity index is 1070. The molecule has 0 radical (unpaired) electrons. The van der Waals surface area contributed by atoms with Crippen LogP contribution in [-0.2, 0) is 16.6 Å². The molecule has 6 nitrogen and oxygen atoms in total. The first-order valence-electron chi connectivity index (χ1n) is 8.91. The molecule has 2 aromatic heterocycles. The summed E-state index contributed by atoms with van der Waals surface area (Å²) in [4.78, 5) is -0.211. The number of halogens is 1. The standard InChI is InChI=1S/C19H20FN3O3S2/c1-26-18-5-4-15(20)10-19(18)28(24,25)21-7-8-23-17(13-2-3-13)11-16(22-23)14-6-9-27-12-14/h4-6,9-13,21H,2-3,7-8H2,1H3. The normalized spacial score (nSPS) is 14.4. The zero-order valence-electron chi connectivity index (χ0n) is 15.3. The quantitative estimate of drug-likeness (QED) is 0.603. The number of sulfonamides is 1. The third-order valence-electron chi connectivity index (χ3n) is 4.65. The van der Waals surface area contributed by atoms with E-state index in [1.54, 1.807) is 11.3 Å². The van der Waals surface area contributed by atoms with Crippen molar-refractivity contribution in [1.29, 1.82) is 0 Å². The van der Waals surface area contributed by atoms with Gasteiger partial charge in [0.2, 0.25) is 10.0 Å². The van der Waals surface area contributed by atoms with E-state index in [-0.39, 0.29) is 17.2 Å². The highest BCUT2D eigenvalue weighted by Gasteiger charge is 2.28. The van der Waals surface area contributed by atoms with Crippen molar-refractivity contribution in [1.82, 2.24) is 14.5 Å². The molecule has 0 aliphatic heterocycles.